The van der Waals surface area contributed by atoms with Crippen LogP contribution in [0.2, 0.25) is 0 Å². The molecule has 0 radical (unpaired) electrons. The molecule has 0 saturated carbocycles. The second kappa shape index (κ2) is 9.39. The van der Waals surface area contributed by atoms with Gasteiger partial charge in [-0.05, 0) is 18.4 Å². The van der Waals surface area contributed by atoms with E-state index in [1.807, 2.05) is 37.3 Å². The third kappa shape index (κ3) is 4.69. The van der Waals surface area contributed by atoms with Crippen molar-refractivity contribution in [2.45, 2.75) is 70.6 Å². The van der Waals surface area contributed by atoms with Gasteiger partial charge in [0.25, 0.3) is 0 Å². The predicted molar refractivity (Wildman–Crippen MR) is 89.0 cm³/mol. The highest BCUT2D eigenvalue weighted by atomic mass is 16.4. The Kier molecular flexibility index (Phi) is 7.86. The van der Waals surface area contributed by atoms with E-state index in [2.05, 4.69) is 6.92 Å². The molecule has 0 amide bonds. The predicted octanol–water partition coefficient (Wildman–Crippen LogP) is 4.74. The molecule has 3 heteroatoms. The minimum atomic E-state index is -1.32. The van der Waals surface area contributed by atoms with Crippen LogP contribution in [0.1, 0.15) is 70.8 Å². The van der Waals surface area contributed by atoms with Crippen molar-refractivity contribution in [1.82, 2.24) is 0 Å². The van der Waals surface area contributed by atoms with Gasteiger partial charge in [-0.1, -0.05) is 82.7 Å². The molecule has 0 aliphatic carbocycles. The van der Waals surface area contributed by atoms with E-state index in [9.17, 15) is 14.7 Å². The number of benzene rings is 1. The molecule has 1 aromatic rings. The molecule has 1 N–H and O–H groups in total. The van der Waals surface area contributed by atoms with Gasteiger partial charge in [0.1, 0.15) is 0 Å². The highest BCUT2D eigenvalue weighted by Crippen LogP contribution is 2.35. The van der Waals surface area contributed by atoms with Gasteiger partial charge in [0.15, 0.2) is 0 Å². The smallest absolute Gasteiger partial charge is 0.373 e. The fraction of sp³-hybridized carbons (Fsp3) is 0.579. The number of ketones is 1. The maximum atomic E-state index is 12.4. The second-order valence-corrected chi connectivity index (χ2v) is 5.95. The molecule has 1 atom stereocenters. The lowest BCUT2D eigenvalue weighted by Gasteiger charge is -2.30. The molecule has 1 unspecified atom stereocenters. The molecule has 0 spiro atoms. The Balaban J connectivity index is 2.83. The quantitative estimate of drug-likeness (QED) is 0.474. The molecule has 0 aliphatic rings. The van der Waals surface area contributed by atoms with E-state index < -0.39 is 17.2 Å². The standard InChI is InChI=1S/C19H28O3/c1-3-5-6-7-8-12-15-19(4-2,17(20)18(21)22)16-13-10-9-11-14-16/h9-11,13-14H,3-8,12,15H2,1-2H3,(H,21,22). The zero-order valence-corrected chi connectivity index (χ0v) is 13.8. The third-order valence-corrected chi connectivity index (χ3v) is 4.52. The number of rotatable bonds is 11. The number of hydrogen-bond acceptors (Lipinski definition) is 2. The normalized spacial score (nSPS) is 13.5. The number of carboxylic acids is 1. The Morgan fingerprint density at radius 1 is 0.955 bits per heavy atom. The summed E-state index contributed by atoms with van der Waals surface area (Å²) < 4.78 is 0. The number of carbonyl (C=O) groups excluding carboxylic acids is 1. The maximum absolute atomic E-state index is 12.4. The van der Waals surface area contributed by atoms with Gasteiger partial charge in [-0.2, -0.15) is 0 Å². The third-order valence-electron chi connectivity index (χ3n) is 4.52. The van der Waals surface area contributed by atoms with Gasteiger partial charge in [-0.15, -0.1) is 0 Å². The summed E-state index contributed by atoms with van der Waals surface area (Å²) in [5.41, 5.74) is -0.0452. The summed E-state index contributed by atoms with van der Waals surface area (Å²) in [6.07, 6.45) is 7.92. The summed E-state index contributed by atoms with van der Waals surface area (Å²) in [5, 5.41) is 9.23. The molecule has 0 fully saturated rings. The van der Waals surface area contributed by atoms with Crippen LogP contribution in [0.25, 0.3) is 0 Å². The average molecular weight is 304 g/mol. The van der Waals surface area contributed by atoms with Gasteiger partial charge in [-0.25, -0.2) is 4.79 Å². The van der Waals surface area contributed by atoms with Crippen LogP contribution in [0.5, 0.6) is 0 Å². The largest absolute Gasteiger partial charge is 0.475 e. The van der Waals surface area contributed by atoms with Crippen LogP contribution < -0.4 is 0 Å². The van der Waals surface area contributed by atoms with Gasteiger partial charge in [0.2, 0.25) is 5.78 Å². The van der Waals surface area contributed by atoms with Gasteiger partial charge in [0, 0.05) is 0 Å². The maximum Gasteiger partial charge on any atom is 0.373 e. The Hall–Kier alpha value is -1.64. The lowest BCUT2D eigenvalue weighted by Crippen LogP contribution is -2.40. The fourth-order valence-electron chi connectivity index (χ4n) is 3.10. The van der Waals surface area contributed by atoms with E-state index in [0.717, 1.165) is 24.8 Å². The summed E-state index contributed by atoms with van der Waals surface area (Å²) in [5.74, 6) is -1.99. The number of carbonyl (C=O) groups is 2. The summed E-state index contributed by atoms with van der Waals surface area (Å²) >= 11 is 0. The molecular weight excluding hydrogens is 276 g/mol. The number of Topliss-reactive ketones (excluding diaryl/α,β-unsaturated/α-hetero) is 1. The van der Waals surface area contributed by atoms with E-state index in [1.54, 1.807) is 0 Å². The Labute approximate surface area is 133 Å². The van der Waals surface area contributed by atoms with Crippen molar-refractivity contribution < 1.29 is 14.7 Å². The van der Waals surface area contributed by atoms with Crippen molar-refractivity contribution >= 4 is 11.8 Å². The van der Waals surface area contributed by atoms with Crippen molar-refractivity contribution in [3.05, 3.63) is 35.9 Å². The monoisotopic (exact) mass is 304 g/mol. The molecule has 1 rings (SSSR count). The number of aliphatic carboxylic acids is 1. The van der Waals surface area contributed by atoms with E-state index in [-0.39, 0.29) is 0 Å². The van der Waals surface area contributed by atoms with Crippen LogP contribution >= 0.6 is 0 Å². The number of hydrogen-bond donors (Lipinski definition) is 1. The summed E-state index contributed by atoms with van der Waals surface area (Å²) in [6.45, 7) is 4.09. The molecular formula is C19H28O3. The Morgan fingerprint density at radius 2 is 1.55 bits per heavy atom. The topological polar surface area (TPSA) is 54.4 Å². The summed E-state index contributed by atoms with van der Waals surface area (Å²) in [6, 6.07) is 9.38. The minimum absolute atomic E-state index is 0.525. The van der Waals surface area contributed by atoms with Gasteiger partial charge < -0.3 is 5.11 Å². The Bertz CT molecular complexity index is 467. The lowest BCUT2D eigenvalue weighted by molar-refractivity contribution is -0.152. The zero-order valence-electron chi connectivity index (χ0n) is 13.8. The summed E-state index contributed by atoms with van der Waals surface area (Å²) in [4.78, 5) is 23.7. The summed E-state index contributed by atoms with van der Waals surface area (Å²) in [7, 11) is 0. The number of carboxylic acid groups (broad SMARTS) is 1. The van der Waals surface area contributed by atoms with Crippen LogP contribution in [0.3, 0.4) is 0 Å². The zero-order chi connectivity index (χ0) is 16.4. The van der Waals surface area contributed by atoms with E-state index in [1.165, 1.54) is 19.3 Å². The minimum Gasteiger partial charge on any atom is -0.475 e. The van der Waals surface area contributed by atoms with Crippen LogP contribution in [-0.4, -0.2) is 16.9 Å². The first-order valence-electron chi connectivity index (χ1n) is 8.41. The highest BCUT2D eigenvalue weighted by molar-refractivity contribution is 6.36. The molecule has 0 aromatic heterocycles. The number of unbranched alkanes of at least 4 members (excludes halogenated alkanes) is 5. The lowest BCUT2D eigenvalue weighted by atomic mass is 9.71. The van der Waals surface area contributed by atoms with Gasteiger partial charge >= 0.3 is 5.97 Å². The first-order valence-corrected chi connectivity index (χ1v) is 8.41. The van der Waals surface area contributed by atoms with Crippen LogP contribution in [0, 0.1) is 0 Å². The fourth-order valence-corrected chi connectivity index (χ4v) is 3.10. The van der Waals surface area contributed by atoms with E-state index >= 15 is 0 Å². The van der Waals surface area contributed by atoms with Crippen molar-refractivity contribution in [2.24, 2.45) is 0 Å². The molecule has 122 valence electrons. The van der Waals surface area contributed by atoms with Crippen molar-refractivity contribution in [2.75, 3.05) is 0 Å². The van der Waals surface area contributed by atoms with Crippen molar-refractivity contribution in [1.29, 1.82) is 0 Å². The highest BCUT2D eigenvalue weighted by Gasteiger charge is 2.41. The molecule has 0 heterocycles. The van der Waals surface area contributed by atoms with E-state index in [4.69, 9.17) is 0 Å². The molecule has 0 bridgehead atoms. The molecule has 0 aliphatic heterocycles. The van der Waals surface area contributed by atoms with Gasteiger partial charge in [-0.3, -0.25) is 4.79 Å². The molecule has 1 aromatic carbocycles. The SMILES string of the molecule is CCCCCCCCC(CC)(C(=O)C(=O)O)c1ccccc1. The van der Waals surface area contributed by atoms with Crippen LogP contribution in [0.4, 0.5) is 0 Å². The molecule has 3 nitrogen and oxygen atoms in total. The van der Waals surface area contributed by atoms with E-state index in [0.29, 0.717) is 12.8 Å². The van der Waals surface area contributed by atoms with Crippen LogP contribution in [0.15, 0.2) is 30.3 Å². The second-order valence-electron chi connectivity index (χ2n) is 5.95. The molecule has 22 heavy (non-hydrogen) atoms. The van der Waals surface area contributed by atoms with Crippen molar-refractivity contribution in [3.63, 3.8) is 0 Å². The van der Waals surface area contributed by atoms with Gasteiger partial charge in [0.05, 0.1) is 5.41 Å². The first kappa shape index (κ1) is 18.4. The molecule has 0 saturated heterocycles. The van der Waals surface area contributed by atoms with Crippen LogP contribution in [-0.2, 0) is 15.0 Å². The van der Waals surface area contributed by atoms with Crippen molar-refractivity contribution in [3.8, 4) is 0 Å². The first-order chi connectivity index (χ1) is 10.6. The average Bonchev–Trinajstić information content (AvgIpc) is 2.55. The Morgan fingerprint density at radius 3 is 2.09 bits per heavy atom.